The molecule has 0 bridgehead atoms. The molecule has 0 fully saturated rings. The molecule has 0 heterocycles. The fourth-order valence-electron chi connectivity index (χ4n) is 0.919. The Hall–Kier alpha value is -0.370. The number of ketones is 1. The Labute approximate surface area is 82.7 Å². The van der Waals surface area contributed by atoms with E-state index in [4.69, 9.17) is 4.74 Å². The molecule has 0 radical (unpaired) electrons. The molecule has 0 aromatic carbocycles. The summed E-state index contributed by atoms with van der Waals surface area (Å²) in [6.45, 7) is 15.5. The number of carbonyl (C=O) groups excluding carboxylic acids is 1. The minimum absolute atomic E-state index is 0.0156. The Morgan fingerprint density at radius 1 is 0.846 bits per heavy atom. The first-order valence-corrected chi connectivity index (χ1v) is 4.61. The molecule has 0 unspecified atom stereocenters. The van der Waals surface area contributed by atoms with Crippen molar-refractivity contribution >= 4 is 5.78 Å². The third-order valence-corrected chi connectivity index (χ3v) is 0.612. The van der Waals surface area contributed by atoms with Gasteiger partial charge in [-0.1, -0.05) is 0 Å². The Balaban J connectivity index is 0. The van der Waals surface area contributed by atoms with Gasteiger partial charge in [0.2, 0.25) is 0 Å². The van der Waals surface area contributed by atoms with E-state index in [-0.39, 0.29) is 17.0 Å². The first kappa shape index (κ1) is 15.1. The predicted octanol–water partition coefficient (Wildman–Crippen LogP) is 3.20. The second-order valence-electron chi connectivity index (χ2n) is 5.24. The SMILES string of the molecule is CC(C)(C)OC(C)(C)C.CC(C)=O. The van der Waals surface area contributed by atoms with E-state index in [1.54, 1.807) is 0 Å². The zero-order valence-corrected chi connectivity index (χ0v) is 10.3. The molecule has 0 atom stereocenters. The molecule has 2 nitrogen and oxygen atoms in total. The molecular weight excluding hydrogens is 164 g/mol. The predicted molar refractivity (Wildman–Crippen MR) is 56.9 cm³/mol. The monoisotopic (exact) mass is 188 g/mol. The molecule has 2 heteroatoms. The van der Waals surface area contributed by atoms with Gasteiger partial charge >= 0.3 is 0 Å². The van der Waals surface area contributed by atoms with Crippen LogP contribution >= 0.6 is 0 Å². The molecule has 0 saturated carbocycles. The van der Waals surface area contributed by atoms with Gasteiger partial charge in [0.15, 0.2) is 0 Å². The van der Waals surface area contributed by atoms with Crippen LogP contribution in [0.1, 0.15) is 55.4 Å². The van der Waals surface area contributed by atoms with Crippen LogP contribution < -0.4 is 0 Å². The number of carbonyl (C=O) groups is 1. The van der Waals surface area contributed by atoms with Crippen LogP contribution in [-0.4, -0.2) is 17.0 Å². The van der Waals surface area contributed by atoms with Crippen LogP contribution in [0.2, 0.25) is 0 Å². The first-order valence-electron chi connectivity index (χ1n) is 4.61. The van der Waals surface area contributed by atoms with Crippen molar-refractivity contribution in [2.75, 3.05) is 0 Å². The van der Waals surface area contributed by atoms with Gasteiger partial charge in [0, 0.05) is 0 Å². The van der Waals surface area contributed by atoms with E-state index in [9.17, 15) is 4.79 Å². The Kier molecular flexibility index (Phi) is 6.26. The molecule has 0 aliphatic carbocycles. The molecule has 0 aromatic rings. The van der Waals surface area contributed by atoms with E-state index in [1.807, 2.05) is 0 Å². The van der Waals surface area contributed by atoms with Gasteiger partial charge in [-0.2, -0.15) is 0 Å². The van der Waals surface area contributed by atoms with Crippen LogP contribution in [0.25, 0.3) is 0 Å². The number of Topliss-reactive ketones (excluding diaryl/α,β-unsaturated/α-hetero) is 1. The van der Waals surface area contributed by atoms with Gasteiger partial charge < -0.3 is 9.53 Å². The molecule has 0 N–H and O–H groups in total. The smallest absolute Gasteiger partial charge is 0.126 e. The highest BCUT2D eigenvalue weighted by Gasteiger charge is 2.19. The van der Waals surface area contributed by atoms with E-state index in [0.717, 1.165) is 0 Å². The average Bonchev–Trinajstić information content (AvgIpc) is 1.47. The third kappa shape index (κ3) is 34.0. The Morgan fingerprint density at radius 2 is 1.00 bits per heavy atom. The van der Waals surface area contributed by atoms with E-state index >= 15 is 0 Å². The summed E-state index contributed by atoms with van der Waals surface area (Å²) in [7, 11) is 0. The maximum atomic E-state index is 9.44. The van der Waals surface area contributed by atoms with Gasteiger partial charge in [0.1, 0.15) is 5.78 Å². The maximum Gasteiger partial charge on any atom is 0.126 e. The second kappa shape index (κ2) is 5.38. The van der Waals surface area contributed by atoms with E-state index in [1.165, 1.54) is 13.8 Å². The summed E-state index contributed by atoms with van der Waals surface area (Å²) in [5.41, 5.74) is -0.0312. The van der Waals surface area contributed by atoms with Gasteiger partial charge in [-0.15, -0.1) is 0 Å². The summed E-state index contributed by atoms with van der Waals surface area (Å²) in [5, 5.41) is 0. The van der Waals surface area contributed by atoms with E-state index in [2.05, 4.69) is 41.5 Å². The van der Waals surface area contributed by atoms with Gasteiger partial charge in [0.05, 0.1) is 11.2 Å². The maximum absolute atomic E-state index is 9.44. The van der Waals surface area contributed by atoms with Gasteiger partial charge in [0.25, 0.3) is 0 Å². The fraction of sp³-hybridized carbons (Fsp3) is 0.909. The number of ether oxygens (including phenoxy) is 1. The summed E-state index contributed by atoms with van der Waals surface area (Å²) in [4.78, 5) is 9.44. The quantitative estimate of drug-likeness (QED) is 0.583. The second-order valence-corrected chi connectivity index (χ2v) is 5.24. The molecule has 80 valence electrons. The molecule has 0 aliphatic heterocycles. The van der Waals surface area contributed by atoms with Crippen molar-refractivity contribution in [3.05, 3.63) is 0 Å². The zero-order valence-electron chi connectivity index (χ0n) is 10.3. The summed E-state index contributed by atoms with van der Waals surface area (Å²) in [5.74, 6) is 0.167. The normalized spacial score (nSPS) is 11.7. The minimum atomic E-state index is -0.0156. The minimum Gasteiger partial charge on any atom is -0.370 e. The topological polar surface area (TPSA) is 26.3 Å². The lowest BCUT2D eigenvalue weighted by Gasteiger charge is -2.30. The van der Waals surface area contributed by atoms with Crippen LogP contribution in [0.3, 0.4) is 0 Å². The lowest BCUT2D eigenvalue weighted by Crippen LogP contribution is -2.31. The van der Waals surface area contributed by atoms with Crippen LogP contribution in [0.4, 0.5) is 0 Å². The van der Waals surface area contributed by atoms with Crippen molar-refractivity contribution in [2.24, 2.45) is 0 Å². The Bertz CT molecular complexity index is 130. The van der Waals surface area contributed by atoms with Crippen LogP contribution in [0.5, 0.6) is 0 Å². The molecule has 0 saturated heterocycles. The van der Waals surface area contributed by atoms with Crippen molar-refractivity contribution in [3.8, 4) is 0 Å². The fourth-order valence-corrected chi connectivity index (χ4v) is 0.919. The van der Waals surface area contributed by atoms with Gasteiger partial charge in [-0.05, 0) is 55.4 Å². The van der Waals surface area contributed by atoms with E-state index in [0.29, 0.717) is 0 Å². The summed E-state index contributed by atoms with van der Waals surface area (Å²) >= 11 is 0. The number of hydrogen-bond donors (Lipinski definition) is 0. The van der Waals surface area contributed by atoms with Crippen molar-refractivity contribution < 1.29 is 9.53 Å². The van der Waals surface area contributed by atoms with Crippen LogP contribution in [0, 0.1) is 0 Å². The van der Waals surface area contributed by atoms with Crippen molar-refractivity contribution in [1.29, 1.82) is 0 Å². The lowest BCUT2D eigenvalue weighted by molar-refractivity contribution is -0.115. The summed E-state index contributed by atoms with van der Waals surface area (Å²) in [6.07, 6.45) is 0. The molecule has 0 rings (SSSR count). The standard InChI is InChI=1S/C8H18O.C3H6O/c1-7(2,3)9-8(4,5)6;1-3(2)4/h1-6H3;1-2H3. The zero-order chi connectivity index (χ0) is 11.3. The largest absolute Gasteiger partial charge is 0.370 e. The highest BCUT2D eigenvalue weighted by Crippen LogP contribution is 2.17. The third-order valence-electron chi connectivity index (χ3n) is 0.612. The average molecular weight is 188 g/mol. The van der Waals surface area contributed by atoms with Crippen molar-refractivity contribution in [3.63, 3.8) is 0 Å². The van der Waals surface area contributed by atoms with Crippen molar-refractivity contribution in [2.45, 2.75) is 66.6 Å². The number of hydrogen-bond acceptors (Lipinski definition) is 2. The summed E-state index contributed by atoms with van der Waals surface area (Å²) < 4.78 is 5.62. The molecule has 0 aromatic heterocycles. The van der Waals surface area contributed by atoms with E-state index < -0.39 is 0 Å². The van der Waals surface area contributed by atoms with Gasteiger partial charge in [-0.3, -0.25) is 0 Å². The molecule has 0 aliphatic rings. The summed E-state index contributed by atoms with van der Waals surface area (Å²) in [6, 6.07) is 0. The highest BCUT2D eigenvalue weighted by atomic mass is 16.5. The molecular formula is C11H24O2. The van der Waals surface area contributed by atoms with Gasteiger partial charge in [-0.25, -0.2) is 0 Å². The number of rotatable bonds is 0. The van der Waals surface area contributed by atoms with Crippen LogP contribution in [-0.2, 0) is 9.53 Å². The lowest BCUT2D eigenvalue weighted by atomic mass is 10.1. The molecule has 13 heavy (non-hydrogen) atoms. The molecule has 0 spiro atoms. The Morgan fingerprint density at radius 3 is 1.00 bits per heavy atom. The first-order chi connectivity index (χ1) is 5.44. The molecule has 0 amide bonds. The van der Waals surface area contributed by atoms with Crippen molar-refractivity contribution in [1.82, 2.24) is 0 Å². The van der Waals surface area contributed by atoms with Crippen LogP contribution in [0.15, 0.2) is 0 Å². The highest BCUT2D eigenvalue weighted by molar-refractivity contribution is 5.72.